The summed E-state index contributed by atoms with van der Waals surface area (Å²) in [6, 6.07) is 6.53. The van der Waals surface area contributed by atoms with Gasteiger partial charge in [0.15, 0.2) is 0 Å². The number of hydrogen-bond donors (Lipinski definition) is 1. The summed E-state index contributed by atoms with van der Waals surface area (Å²) in [5.41, 5.74) is 4.08. The summed E-state index contributed by atoms with van der Waals surface area (Å²) in [5.74, 6) is 0.284. The second kappa shape index (κ2) is 5.85. The number of rotatable bonds is 4. The van der Waals surface area contributed by atoms with Gasteiger partial charge in [-0.2, -0.15) is 0 Å². The smallest absolute Gasteiger partial charge is 0.139 e. The minimum atomic E-state index is 0.0654. The summed E-state index contributed by atoms with van der Waals surface area (Å²) in [6.45, 7) is 2.42. The molecule has 1 N–H and O–H groups in total. The average molecular weight is 259 g/mol. The van der Waals surface area contributed by atoms with E-state index in [9.17, 15) is 4.79 Å². The van der Waals surface area contributed by atoms with Crippen molar-refractivity contribution in [2.45, 2.75) is 38.2 Å². The highest BCUT2D eigenvalue weighted by atomic mass is 16.5. The van der Waals surface area contributed by atoms with E-state index in [2.05, 4.69) is 23.5 Å². The molecule has 1 aliphatic heterocycles. The average Bonchev–Trinajstić information content (AvgIpc) is 2.87. The van der Waals surface area contributed by atoms with Crippen LogP contribution in [0, 0.1) is 0 Å². The van der Waals surface area contributed by atoms with Crippen LogP contribution in [0.3, 0.4) is 0 Å². The predicted octanol–water partition coefficient (Wildman–Crippen LogP) is 1.67. The number of morpholine rings is 1. The molecule has 1 saturated heterocycles. The van der Waals surface area contributed by atoms with Gasteiger partial charge < -0.3 is 10.1 Å². The second-order valence-electron chi connectivity index (χ2n) is 5.57. The molecule has 1 atom stereocenters. The molecular weight excluding hydrogens is 238 g/mol. The maximum Gasteiger partial charge on any atom is 0.139 e. The summed E-state index contributed by atoms with van der Waals surface area (Å²) in [5, 5.41) is 3.26. The topological polar surface area (TPSA) is 38.3 Å². The first-order valence-corrected chi connectivity index (χ1v) is 7.26. The van der Waals surface area contributed by atoms with Crippen molar-refractivity contribution in [3.05, 3.63) is 34.9 Å². The summed E-state index contributed by atoms with van der Waals surface area (Å²) >= 11 is 0. The van der Waals surface area contributed by atoms with Gasteiger partial charge in [-0.05, 0) is 36.0 Å². The van der Waals surface area contributed by atoms with E-state index in [-0.39, 0.29) is 11.9 Å². The zero-order valence-electron chi connectivity index (χ0n) is 11.3. The van der Waals surface area contributed by atoms with Gasteiger partial charge in [-0.25, -0.2) is 0 Å². The van der Waals surface area contributed by atoms with Gasteiger partial charge >= 0.3 is 0 Å². The van der Waals surface area contributed by atoms with Crippen molar-refractivity contribution in [3.8, 4) is 0 Å². The Hall–Kier alpha value is -1.19. The van der Waals surface area contributed by atoms with E-state index in [0.717, 1.165) is 25.3 Å². The number of hydrogen-bond acceptors (Lipinski definition) is 3. The molecule has 3 nitrogen and oxygen atoms in total. The summed E-state index contributed by atoms with van der Waals surface area (Å²) in [4.78, 5) is 12.1. The normalized spacial score (nSPS) is 22.2. The quantitative estimate of drug-likeness (QED) is 0.894. The van der Waals surface area contributed by atoms with E-state index < -0.39 is 0 Å². The molecule has 0 radical (unpaired) electrons. The van der Waals surface area contributed by atoms with Gasteiger partial charge in [0.25, 0.3) is 0 Å². The fraction of sp³-hybridized carbons (Fsp3) is 0.562. The SMILES string of the molecule is O=C(Cc1ccc2c(c1)CCC2)CC1CNCCO1. The summed E-state index contributed by atoms with van der Waals surface area (Å²) in [7, 11) is 0. The molecule has 1 aromatic carbocycles. The van der Waals surface area contributed by atoms with Crippen LogP contribution in [0.2, 0.25) is 0 Å². The zero-order valence-corrected chi connectivity index (χ0v) is 11.3. The Bertz CT molecular complexity index is 464. The van der Waals surface area contributed by atoms with Crippen molar-refractivity contribution in [3.63, 3.8) is 0 Å². The molecule has 1 aromatic rings. The van der Waals surface area contributed by atoms with E-state index in [4.69, 9.17) is 4.74 Å². The van der Waals surface area contributed by atoms with Crippen molar-refractivity contribution < 1.29 is 9.53 Å². The van der Waals surface area contributed by atoms with Crippen LogP contribution < -0.4 is 5.32 Å². The third-order valence-corrected chi connectivity index (χ3v) is 4.02. The Kier molecular flexibility index (Phi) is 3.95. The van der Waals surface area contributed by atoms with E-state index in [1.807, 2.05) is 0 Å². The Labute approximate surface area is 114 Å². The van der Waals surface area contributed by atoms with Crippen LogP contribution in [0.15, 0.2) is 18.2 Å². The lowest BCUT2D eigenvalue weighted by molar-refractivity contribution is -0.121. The number of benzene rings is 1. The van der Waals surface area contributed by atoms with Gasteiger partial charge in [0.2, 0.25) is 0 Å². The maximum atomic E-state index is 12.1. The van der Waals surface area contributed by atoms with Gasteiger partial charge in [0.1, 0.15) is 5.78 Å². The summed E-state index contributed by atoms with van der Waals surface area (Å²) < 4.78 is 5.58. The highest BCUT2D eigenvalue weighted by Crippen LogP contribution is 2.23. The van der Waals surface area contributed by atoms with Crippen LogP contribution in [0.25, 0.3) is 0 Å². The molecule has 3 rings (SSSR count). The number of aryl methyl sites for hydroxylation is 2. The van der Waals surface area contributed by atoms with Crippen molar-refractivity contribution in [1.82, 2.24) is 5.32 Å². The lowest BCUT2D eigenvalue weighted by Crippen LogP contribution is -2.39. The number of Topliss-reactive ketones (excluding diaryl/α,β-unsaturated/α-hetero) is 1. The Morgan fingerprint density at radius 3 is 3.05 bits per heavy atom. The monoisotopic (exact) mass is 259 g/mol. The molecule has 0 bridgehead atoms. The van der Waals surface area contributed by atoms with Gasteiger partial charge in [-0.3, -0.25) is 4.79 Å². The number of nitrogens with one attached hydrogen (secondary N) is 1. The first kappa shape index (κ1) is 12.8. The molecule has 2 aliphatic rings. The van der Waals surface area contributed by atoms with Crippen molar-refractivity contribution in [1.29, 1.82) is 0 Å². The molecule has 0 aromatic heterocycles. The van der Waals surface area contributed by atoms with Gasteiger partial charge in [-0.1, -0.05) is 18.2 Å². The second-order valence-corrected chi connectivity index (χ2v) is 5.57. The Balaban J connectivity index is 1.56. The highest BCUT2D eigenvalue weighted by molar-refractivity contribution is 5.81. The van der Waals surface area contributed by atoms with Crippen LogP contribution in [0.5, 0.6) is 0 Å². The first-order valence-electron chi connectivity index (χ1n) is 7.26. The van der Waals surface area contributed by atoms with Crippen LogP contribution in [0.4, 0.5) is 0 Å². The van der Waals surface area contributed by atoms with E-state index >= 15 is 0 Å². The molecule has 1 heterocycles. The fourth-order valence-electron chi connectivity index (χ4n) is 3.04. The molecule has 1 aliphatic carbocycles. The standard InChI is InChI=1S/C16H21NO2/c18-15(10-16-11-17-6-7-19-16)9-12-4-5-13-2-1-3-14(13)8-12/h4-5,8,16-17H,1-3,6-7,9-11H2. The van der Waals surface area contributed by atoms with Crippen molar-refractivity contribution in [2.24, 2.45) is 0 Å². The van der Waals surface area contributed by atoms with Crippen LogP contribution in [-0.2, 0) is 28.8 Å². The highest BCUT2D eigenvalue weighted by Gasteiger charge is 2.18. The Morgan fingerprint density at radius 2 is 2.21 bits per heavy atom. The van der Waals surface area contributed by atoms with Crippen molar-refractivity contribution in [2.75, 3.05) is 19.7 Å². The maximum absolute atomic E-state index is 12.1. The number of carbonyl (C=O) groups excluding carboxylic acids is 1. The van der Waals surface area contributed by atoms with E-state index in [1.54, 1.807) is 0 Å². The van der Waals surface area contributed by atoms with Gasteiger partial charge in [-0.15, -0.1) is 0 Å². The number of ether oxygens (including phenoxy) is 1. The number of carbonyl (C=O) groups is 1. The van der Waals surface area contributed by atoms with Crippen LogP contribution >= 0.6 is 0 Å². The molecule has 3 heteroatoms. The fourth-order valence-corrected chi connectivity index (χ4v) is 3.04. The number of ketones is 1. The van der Waals surface area contributed by atoms with Gasteiger partial charge in [0.05, 0.1) is 12.7 Å². The lowest BCUT2D eigenvalue weighted by atomic mass is 10.0. The Morgan fingerprint density at radius 1 is 1.32 bits per heavy atom. The zero-order chi connectivity index (χ0) is 13.1. The molecular formula is C16H21NO2. The largest absolute Gasteiger partial charge is 0.375 e. The third-order valence-electron chi connectivity index (χ3n) is 4.02. The number of fused-ring (bicyclic) bond motifs is 1. The molecule has 102 valence electrons. The molecule has 0 spiro atoms. The van der Waals surface area contributed by atoms with Gasteiger partial charge in [0, 0.05) is 25.9 Å². The molecule has 1 fully saturated rings. The van der Waals surface area contributed by atoms with Crippen LogP contribution in [0.1, 0.15) is 29.5 Å². The molecule has 0 amide bonds. The predicted molar refractivity (Wildman–Crippen MR) is 74.4 cm³/mol. The van der Waals surface area contributed by atoms with Crippen LogP contribution in [-0.4, -0.2) is 31.6 Å². The molecule has 1 unspecified atom stereocenters. The van der Waals surface area contributed by atoms with E-state index in [0.29, 0.717) is 12.8 Å². The molecule has 0 saturated carbocycles. The minimum Gasteiger partial charge on any atom is -0.375 e. The minimum absolute atomic E-state index is 0.0654. The molecule has 19 heavy (non-hydrogen) atoms. The van der Waals surface area contributed by atoms with E-state index in [1.165, 1.54) is 30.4 Å². The first-order chi connectivity index (χ1) is 9.31. The third kappa shape index (κ3) is 3.23. The van der Waals surface area contributed by atoms with Crippen molar-refractivity contribution >= 4 is 5.78 Å². The summed E-state index contributed by atoms with van der Waals surface area (Å²) in [6.07, 6.45) is 4.78. The lowest BCUT2D eigenvalue weighted by Gasteiger charge is -2.22.